The van der Waals surface area contributed by atoms with Crippen LogP contribution in [0.4, 0.5) is 4.79 Å². The van der Waals surface area contributed by atoms with Gasteiger partial charge in [0.25, 0.3) is 0 Å². The number of pyridine rings is 1. The van der Waals surface area contributed by atoms with E-state index in [1.165, 1.54) is 4.90 Å². The monoisotopic (exact) mass is 308 g/mol. The SMILES string of the molecule is CC(C)(C)OC(=O)N1CCC[C@H]1C(=O)Sc1ccccn1. The number of aromatic nitrogens is 1. The Morgan fingerprint density at radius 3 is 2.76 bits per heavy atom. The van der Waals surface area contributed by atoms with E-state index in [0.29, 0.717) is 18.0 Å². The number of ether oxygens (including phenoxy) is 1. The molecular formula is C15H20N2O3S. The third-order valence-electron chi connectivity index (χ3n) is 3.00. The van der Waals surface area contributed by atoms with Crippen LogP contribution in [0, 0.1) is 0 Å². The Bertz CT molecular complexity index is 513. The van der Waals surface area contributed by atoms with E-state index in [2.05, 4.69) is 4.98 Å². The molecule has 1 aliphatic rings. The minimum absolute atomic E-state index is 0.0583. The molecule has 1 fully saturated rings. The molecule has 0 saturated carbocycles. The number of hydrogen-bond donors (Lipinski definition) is 0. The first-order chi connectivity index (χ1) is 9.87. The Kier molecular flexibility index (Phi) is 4.88. The van der Waals surface area contributed by atoms with Crippen molar-refractivity contribution in [2.75, 3.05) is 6.54 Å². The molecule has 1 aliphatic heterocycles. The van der Waals surface area contributed by atoms with E-state index >= 15 is 0 Å². The van der Waals surface area contributed by atoms with Crippen molar-refractivity contribution in [3.05, 3.63) is 24.4 Å². The van der Waals surface area contributed by atoms with Crippen LogP contribution >= 0.6 is 11.8 Å². The molecular weight excluding hydrogens is 288 g/mol. The van der Waals surface area contributed by atoms with Gasteiger partial charge in [0, 0.05) is 12.7 Å². The van der Waals surface area contributed by atoms with Gasteiger partial charge in [-0.2, -0.15) is 0 Å². The highest BCUT2D eigenvalue weighted by atomic mass is 32.2. The molecule has 0 bridgehead atoms. The summed E-state index contributed by atoms with van der Waals surface area (Å²) in [6.07, 6.45) is 2.73. The highest BCUT2D eigenvalue weighted by Crippen LogP contribution is 2.27. The van der Waals surface area contributed by atoms with E-state index in [4.69, 9.17) is 4.74 Å². The van der Waals surface area contributed by atoms with Crippen LogP contribution in [0.15, 0.2) is 29.4 Å². The lowest BCUT2D eigenvalue weighted by molar-refractivity contribution is -0.114. The molecule has 0 aliphatic carbocycles. The van der Waals surface area contributed by atoms with E-state index in [1.807, 2.05) is 26.8 Å². The van der Waals surface area contributed by atoms with Gasteiger partial charge in [0.15, 0.2) is 0 Å². The van der Waals surface area contributed by atoms with Crippen molar-refractivity contribution in [3.8, 4) is 0 Å². The Morgan fingerprint density at radius 2 is 2.14 bits per heavy atom. The van der Waals surface area contributed by atoms with Crippen LogP contribution in [0.2, 0.25) is 0 Å². The lowest BCUT2D eigenvalue weighted by Crippen LogP contribution is -2.42. The number of carbonyl (C=O) groups is 2. The predicted octanol–water partition coefficient (Wildman–Crippen LogP) is 3.10. The standard InChI is InChI=1S/C15H20N2O3S/c1-15(2,3)20-14(19)17-10-6-7-11(17)13(18)21-12-8-4-5-9-16-12/h4-5,8-9,11H,6-7,10H2,1-3H3/t11-/m0/s1. The average molecular weight is 308 g/mol. The molecule has 2 heterocycles. The summed E-state index contributed by atoms with van der Waals surface area (Å²) >= 11 is 1.08. The van der Waals surface area contributed by atoms with Gasteiger partial charge in [-0.05, 0) is 57.5 Å². The highest BCUT2D eigenvalue weighted by Gasteiger charge is 2.36. The summed E-state index contributed by atoms with van der Waals surface area (Å²) in [6, 6.07) is 5.00. The number of amides is 1. The topological polar surface area (TPSA) is 59.5 Å². The summed E-state index contributed by atoms with van der Waals surface area (Å²) < 4.78 is 5.36. The number of nitrogens with zero attached hydrogens (tertiary/aromatic N) is 2. The van der Waals surface area contributed by atoms with Gasteiger partial charge in [-0.1, -0.05) is 6.07 Å². The number of likely N-dealkylation sites (tertiary alicyclic amines) is 1. The summed E-state index contributed by atoms with van der Waals surface area (Å²) in [5, 5.41) is 0.593. The molecule has 1 atom stereocenters. The fourth-order valence-corrected chi connectivity index (χ4v) is 2.98. The predicted molar refractivity (Wildman–Crippen MR) is 81.1 cm³/mol. The van der Waals surface area contributed by atoms with Gasteiger partial charge in [0.05, 0.1) is 0 Å². The second-order valence-electron chi connectivity index (χ2n) is 5.92. The van der Waals surface area contributed by atoms with Gasteiger partial charge in [-0.15, -0.1) is 0 Å². The molecule has 5 nitrogen and oxygen atoms in total. The molecule has 1 amide bonds. The number of carbonyl (C=O) groups excluding carboxylic acids is 2. The maximum absolute atomic E-state index is 12.4. The van der Waals surface area contributed by atoms with E-state index < -0.39 is 17.7 Å². The Labute approximate surface area is 129 Å². The second-order valence-corrected chi connectivity index (χ2v) is 6.95. The first-order valence-electron chi connectivity index (χ1n) is 6.99. The Balaban J connectivity index is 2.01. The first kappa shape index (κ1) is 15.8. The largest absolute Gasteiger partial charge is 0.444 e. The van der Waals surface area contributed by atoms with E-state index in [1.54, 1.807) is 18.3 Å². The van der Waals surface area contributed by atoms with Gasteiger partial charge in [0.1, 0.15) is 16.7 Å². The summed E-state index contributed by atoms with van der Waals surface area (Å²) in [4.78, 5) is 30.2. The smallest absolute Gasteiger partial charge is 0.410 e. The molecule has 114 valence electrons. The van der Waals surface area contributed by atoms with Gasteiger partial charge in [-0.3, -0.25) is 9.69 Å². The summed E-state index contributed by atoms with van der Waals surface area (Å²) in [7, 11) is 0. The van der Waals surface area contributed by atoms with E-state index in [0.717, 1.165) is 18.2 Å². The van der Waals surface area contributed by atoms with E-state index in [9.17, 15) is 9.59 Å². The van der Waals surface area contributed by atoms with Crippen LogP contribution in [0.3, 0.4) is 0 Å². The van der Waals surface area contributed by atoms with Crippen molar-refractivity contribution in [2.24, 2.45) is 0 Å². The molecule has 0 radical (unpaired) electrons. The minimum atomic E-state index is -0.554. The average Bonchev–Trinajstić information content (AvgIpc) is 2.87. The molecule has 1 saturated heterocycles. The molecule has 21 heavy (non-hydrogen) atoms. The van der Waals surface area contributed by atoms with Crippen molar-refractivity contribution < 1.29 is 14.3 Å². The van der Waals surface area contributed by atoms with Gasteiger partial charge in [-0.25, -0.2) is 9.78 Å². The van der Waals surface area contributed by atoms with Crippen LogP contribution in [0.5, 0.6) is 0 Å². The number of rotatable bonds is 2. The van der Waals surface area contributed by atoms with Crippen LogP contribution < -0.4 is 0 Å². The zero-order valence-corrected chi connectivity index (χ0v) is 13.4. The highest BCUT2D eigenvalue weighted by molar-refractivity contribution is 8.13. The third-order valence-corrected chi connectivity index (χ3v) is 3.92. The molecule has 6 heteroatoms. The molecule has 1 aromatic heterocycles. The van der Waals surface area contributed by atoms with Gasteiger partial charge >= 0.3 is 6.09 Å². The van der Waals surface area contributed by atoms with Gasteiger partial charge < -0.3 is 4.74 Å². The normalized spacial score (nSPS) is 18.6. The summed E-state index contributed by atoms with van der Waals surface area (Å²) in [5.74, 6) is 0. The third kappa shape index (κ3) is 4.46. The zero-order chi connectivity index (χ0) is 15.5. The quantitative estimate of drug-likeness (QED) is 0.786. The molecule has 1 aromatic rings. The number of hydrogen-bond acceptors (Lipinski definition) is 5. The van der Waals surface area contributed by atoms with E-state index in [-0.39, 0.29) is 5.12 Å². The van der Waals surface area contributed by atoms with Crippen molar-refractivity contribution in [1.82, 2.24) is 9.88 Å². The van der Waals surface area contributed by atoms with Crippen LogP contribution in [0.25, 0.3) is 0 Å². The first-order valence-corrected chi connectivity index (χ1v) is 7.81. The number of thioether (sulfide) groups is 1. The lowest BCUT2D eigenvalue weighted by atomic mass is 10.2. The Hall–Kier alpha value is -1.56. The summed E-state index contributed by atoms with van der Waals surface area (Å²) in [6.45, 7) is 6.02. The summed E-state index contributed by atoms with van der Waals surface area (Å²) in [5.41, 5.74) is -0.554. The maximum atomic E-state index is 12.4. The van der Waals surface area contributed by atoms with Crippen LogP contribution in [-0.2, 0) is 9.53 Å². The Morgan fingerprint density at radius 1 is 1.38 bits per heavy atom. The van der Waals surface area contributed by atoms with Crippen molar-refractivity contribution in [2.45, 2.75) is 50.3 Å². The molecule has 0 unspecified atom stereocenters. The van der Waals surface area contributed by atoms with Crippen LogP contribution in [0.1, 0.15) is 33.6 Å². The van der Waals surface area contributed by atoms with Crippen molar-refractivity contribution in [1.29, 1.82) is 0 Å². The second kappa shape index (κ2) is 6.47. The molecule has 0 aromatic carbocycles. The van der Waals surface area contributed by atoms with Crippen LogP contribution in [-0.4, -0.2) is 39.3 Å². The van der Waals surface area contributed by atoms with Crippen molar-refractivity contribution in [3.63, 3.8) is 0 Å². The van der Waals surface area contributed by atoms with Gasteiger partial charge in [0.2, 0.25) is 5.12 Å². The maximum Gasteiger partial charge on any atom is 0.410 e. The molecule has 0 N–H and O–H groups in total. The molecule has 2 rings (SSSR count). The fourth-order valence-electron chi connectivity index (χ4n) is 2.13. The minimum Gasteiger partial charge on any atom is -0.444 e. The fraction of sp³-hybridized carbons (Fsp3) is 0.533. The lowest BCUT2D eigenvalue weighted by Gasteiger charge is -2.27. The zero-order valence-electron chi connectivity index (χ0n) is 12.5. The van der Waals surface area contributed by atoms with Crippen molar-refractivity contribution >= 4 is 23.0 Å². The molecule has 0 spiro atoms.